The molecule has 1 amide bonds. The summed E-state index contributed by atoms with van der Waals surface area (Å²) in [6.45, 7) is 4.95. The third-order valence-corrected chi connectivity index (χ3v) is 7.68. The zero-order valence-electron chi connectivity index (χ0n) is 20.4. The Morgan fingerprint density at radius 3 is 2.56 bits per heavy atom. The SMILES string of the molecule is CCOC(=O)C1CCN(c2c(/C=C3/SC(=S)N(CCCC(=O)O)C3=O)c(C)c(C#N)c(=O)n2C)CC1. The van der Waals surface area contributed by atoms with E-state index in [4.69, 9.17) is 22.1 Å². The van der Waals surface area contributed by atoms with E-state index in [1.807, 2.05) is 11.0 Å². The summed E-state index contributed by atoms with van der Waals surface area (Å²) in [5.41, 5.74) is 0.579. The highest BCUT2D eigenvalue weighted by atomic mass is 32.2. The van der Waals surface area contributed by atoms with Gasteiger partial charge in [-0.3, -0.25) is 28.6 Å². The van der Waals surface area contributed by atoms with Crippen molar-refractivity contribution in [3.63, 3.8) is 0 Å². The predicted octanol–water partition coefficient (Wildman–Crippen LogP) is 2.41. The van der Waals surface area contributed by atoms with Crippen LogP contribution in [-0.4, -0.2) is 63.0 Å². The number of aliphatic carboxylic acids is 1. The van der Waals surface area contributed by atoms with Crippen LogP contribution in [0.4, 0.5) is 5.82 Å². The number of carbonyl (C=O) groups excluding carboxylic acids is 2. The minimum Gasteiger partial charge on any atom is -0.481 e. The summed E-state index contributed by atoms with van der Waals surface area (Å²) in [5.74, 6) is -1.17. The minimum absolute atomic E-state index is 0.00848. The second-order valence-electron chi connectivity index (χ2n) is 8.56. The third-order valence-electron chi connectivity index (χ3n) is 6.30. The van der Waals surface area contributed by atoms with Crippen LogP contribution in [0.3, 0.4) is 0 Å². The first kappa shape index (κ1) is 27.4. The fraction of sp³-hybridized carbons (Fsp3) is 0.500. The quantitative estimate of drug-likeness (QED) is 0.302. The minimum atomic E-state index is -0.947. The first-order chi connectivity index (χ1) is 17.1. The van der Waals surface area contributed by atoms with Crippen molar-refractivity contribution < 1.29 is 24.2 Å². The summed E-state index contributed by atoms with van der Waals surface area (Å²) in [6.07, 6.45) is 2.95. The molecule has 2 saturated heterocycles. The number of aromatic nitrogens is 1. The Morgan fingerprint density at radius 1 is 1.31 bits per heavy atom. The Balaban J connectivity index is 1.98. The number of carbonyl (C=O) groups is 3. The molecule has 36 heavy (non-hydrogen) atoms. The molecule has 192 valence electrons. The van der Waals surface area contributed by atoms with Gasteiger partial charge in [-0.05, 0) is 44.7 Å². The third kappa shape index (κ3) is 5.63. The number of amides is 1. The number of nitriles is 1. The summed E-state index contributed by atoms with van der Waals surface area (Å²) >= 11 is 6.46. The summed E-state index contributed by atoms with van der Waals surface area (Å²) in [7, 11) is 1.59. The van der Waals surface area contributed by atoms with E-state index >= 15 is 0 Å². The number of pyridine rings is 1. The Kier molecular flexibility index (Phi) is 8.92. The van der Waals surface area contributed by atoms with E-state index < -0.39 is 11.5 Å². The number of carboxylic acid groups (broad SMARTS) is 1. The van der Waals surface area contributed by atoms with Gasteiger partial charge >= 0.3 is 11.9 Å². The Labute approximate surface area is 218 Å². The summed E-state index contributed by atoms with van der Waals surface area (Å²) in [5, 5.41) is 18.5. The highest BCUT2D eigenvalue weighted by Gasteiger charge is 2.34. The Bertz CT molecular complexity index is 1220. The number of piperidine rings is 1. The largest absolute Gasteiger partial charge is 0.481 e. The molecule has 0 spiro atoms. The first-order valence-electron chi connectivity index (χ1n) is 11.6. The van der Waals surface area contributed by atoms with Crippen molar-refractivity contribution in [1.82, 2.24) is 9.47 Å². The summed E-state index contributed by atoms with van der Waals surface area (Å²) in [4.78, 5) is 52.7. The van der Waals surface area contributed by atoms with Crippen molar-refractivity contribution in [2.24, 2.45) is 13.0 Å². The molecule has 0 bridgehead atoms. The second kappa shape index (κ2) is 11.7. The van der Waals surface area contributed by atoms with Gasteiger partial charge in [-0.2, -0.15) is 5.26 Å². The fourth-order valence-corrected chi connectivity index (χ4v) is 5.68. The normalized spacial score (nSPS) is 17.6. The van der Waals surface area contributed by atoms with Crippen molar-refractivity contribution in [3.8, 4) is 6.07 Å². The molecule has 1 N–H and O–H groups in total. The zero-order chi connectivity index (χ0) is 26.6. The predicted molar refractivity (Wildman–Crippen MR) is 139 cm³/mol. The van der Waals surface area contributed by atoms with Gasteiger partial charge in [0.2, 0.25) is 0 Å². The maximum atomic E-state index is 13.1. The molecule has 0 radical (unpaired) electrons. The monoisotopic (exact) mass is 532 g/mol. The molecule has 0 saturated carbocycles. The lowest BCUT2D eigenvalue weighted by Crippen LogP contribution is -2.40. The van der Waals surface area contributed by atoms with E-state index in [-0.39, 0.29) is 42.7 Å². The van der Waals surface area contributed by atoms with Crippen molar-refractivity contribution >= 4 is 58.0 Å². The lowest BCUT2D eigenvalue weighted by atomic mass is 9.95. The van der Waals surface area contributed by atoms with Crippen LogP contribution < -0.4 is 10.5 Å². The molecule has 0 aromatic carbocycles. The number of esters is 1. The van der Waals surface area contributed by atoms with Crippen LogP contribution in [0.2, 0.25) is 0 Å². The molecule has 0 unspecified atom stereocenters. The number of thioether (sulfide) groups is 1. The number of hydrogen-bond donors (Lipinski definition) is 1. The molecule has 1 aromatic rings. The van der Waals surface area contributed by atoms with E-state index in [2.05, 4.69) is 0 Å². The van der Waals surface area contributed by atoms with Gasteiger partial charge in [0, 0.05) is 38.7 Å². The molecular weight excluding hydrogens is 504 g/mol. The molecule has 0 atom stereocenters. The summed E-state index contributed by atoms with van der Waals surface area (Å²) in [6, 6.07) is 1.98. The molecule has 1 aromatic heterocycles. The number of rotatable bonds is 8. The van der Waals surface area contributed by atoms with Gasteiger partial charge in [0.05, 0.1) is 17.4 Å². The van der Waals surface area contributed by atoms with E-state index in [1.54, 1.807) is 27.0 Å². The lowest BCUT2D eigenvalue weighted by molar-refractivity contribution is -0.148. The van der Waals surface area contributed by atoms with Crippen molar-refractivity contribution in [2.45, 2.75) is 39.5 Å². The van der Waals surface area contributed by atoms with Crippen LogP contribution >= 0.6 is 24.0 Å². The van der Waals surface area contributed by atoms with E-state index in [0.717, 1.165) is 11.8 Å². The van der Waals surface area contributed by atoms with Crippen LogP contribution in [0.5, 0.6) is 0 Å². The number of thiocarbonyl (C=S) groups is 1. The smallest absolute Gasteiger partial charge is 0.309 e. The van der Waals surface area contributed by atoms with Gasteiger partial charge < -0.3 is 14.7 Å². The van der Waals surface area contributed by atoms with E-state index in [1.165, 1.54) is 9.47 Å². The van der Waals surface area contributed by atoms with Crippen LogP contribution in [0.25, 0.3) is 6.08 Å². The topological polar surface area (TPSA) is 133 Å². The molecule has 0 aliphatic carbocycles. The Hall–Kier alpha value is -3.17. The summed E-state index contributed by atoms with van der Waals surface area (Å²) < 4.78 is 6.89. The average Bonchev–Trinajstić information content (AvgIpc) is 3.10. The van der Waals surface area contributed by atoms with E-state index in [9.17, 15) is 24.4 Å². The Morgan fingerprint density at radius 2 is 1.97 bits per heavy atom. The van der Waals surface area contributed by atoms with Crippen LogP contribution in [0.15, 0.2) is 9.70 Å². The average molecular weight is 533 g/mol. The number of anilines is 1. The maximum absolute atomic E-state index is 13.1. The molecule has 2 aliphatic heterocycles. The molecule has 2 aliphatic rings. The van der Waals surface area contributed by atoms with Gasteiger partial charge in [-0.15, -0.1) is 0 Å². The maximum Gasteiger partial charge on any atom is 0.309 e. The van der Waals surface area contributed by atoms with Gasteiger partial charge in [0.15, 0.2) is 0 Å². The molecule has 3 heterocycles. The van der Waals surface area contributed by atoms with Gasteiger partial charge in [-0.1, -0.05) is 24.0 Å². The van der Waals surface area contributed by atoms with E-state index in [0.29, 0.717) is 58.7 Å². The van der Waals surface area contributed by atoms with Gasteiger partial charge in [0.1, 0.15) is 21.8 Å². The van der Waals surface area contributed by atoms with Gasteiger partial charge in [-0.25, -0.2) is 0 Å². The molecular formula is C24H28N4O6S2. The zero-order valence-corrected chi connectivity index (χ0v) is 22.0. The molecule has 12 heteroatoms. The van der Waals surface area contributed by atoms with Crippen molar-refractivity contribution in [2.75, 3.05) is 31.1 Å². The van der Waals surface area contributed by atoms with Crippen LogP contribution in [-0.2, 0) is 26.2 Å². The highest BCUT2D eigenvalue weighted by molar-refractivity contribution is 8.26. The second-order valence-corrected chi connectivity index (χ2v) is 10.2. The number of hydrogen-bond acceptors (Lipinski definition) is 9. The molecule has 2 fully saturated rings. The molecule has 3 rings (SSSR count). The van der Waals surface area contributed by atoms with Crippen molar-refractivity contribution in [3.05, 3.63) is 31.9 Å². The van der Waals surface area contributed by atoms with Gasteiger partial charge in [0.25, 0.3) is 11.5 Å². The molecule has 10 nitrogen and oxygen atoms in total. The fourth-order valence-electron chi connectivity index (χ4n) is 4.39. The van der Waals surface area contributed by atoms with Crippen LogP contribution in [0, 0.1) is 24.2 Å². The standard InChI is InChI=1S/C24H28N4O6S2/c1-4-34-23(33)15-7-10-27(11-8-15)20-16(14(2)17(13-25)21(31)26(20)3)12-18-22(32)28(24(35)36-18)9-5-6-19(29)30/h12,15H,4-11H2,1-3H3,(H,29,30)/b18-12+. The van der Waals surface area contributed by atoms with Crippen molar-refractivity contribution in [1.29, 1.82) is 5.26 Å². The van der Waals surface area contributed by atoms with Crippen LogP contribution in [0.1, 0.15) is 49.3 Å². The number of ether oxygens (including phenoxy) is 1. The number of carboxylic acids is 1. The number of nitrogens with zero attached hydrogens (tertiary/aromatic N) is 4. The highest BCUT2D eigenvalue weighted by Crippen LogP contribution is 2.36. The lowest BCUT2D eigenvalue weighted by Gasteiger charge is -2.35. The first-order valence-corrected chi connectivity index (χ1v) is 12.9.